The average molecular weight is 250 g/mol. The molecule has 1 aromatic heterocycles. The van der Waals surface area contributed by atoms with Gasteiger partial charge in [0.15, 0.2) is 0 Å². The molecule has 0 aromatic carbocycles. The molecule has 3 heterocycles. The molecule has 3 rings (SSSR count). The van der Waals surface area contributed by atoms with Gasteiger partial charge in [0.05, 0.1) is 11.3 Å². The van der Waals surface area contributed by atoms with Crippen LogP contribution in [0.1, 0.15) is 49.1 Å². The van der Waals surface area contributed by atoms with E-state index in [0.717, 1.165) is 29.9 Å². The van der Waals surface area contributed by atoms with Crippen molar-refractivity contribution in [1.29, 1.82) is 0 Å². The summed E-state index contributed by atoms with van der Waals surface area (Å²) in [5, 5.41) is 15.1. The maximum atomic E-state index is 11.1. The van der Waals surface area contributed by atoms with Crippen LogP contribution >= 0.6 is 0 Å². The van der Waals surface area contributed by atoms with E-state index in [1.54, 1.807) is 0 Å². The first-order valence-corrected chi connectivity index (χ1v) is 6.89. The van der Waals surface area contributed by atoms with Crippen LogP contribution in [0.3, 0.4) is 0 Å². The van der Waals surface area contributed by atoms with E-state index >= 15 is 0 Å². The molecule has 0 amide bonds. The first kappa shape index (κ1) is 12.2. The monoisotopic (exact) mass is 250 g/mol. The fourth-order valence-electron chi connectivity index (χ4n) is 4.00. The molecule has 2 saturated heterocycles. The van der Waals surface area contributed by atoms with E-state index in [0.29, 0.717) is 12.1 Å². The van der Waals surface area contributed by atoms with Gasteiger partial charge in [-0.25, -0.2) is 0 Å². The van der Waals surface area contributed by atoms with Gasteiger partial charge in [0.2, 0.25) is 0 Å². The lowest BCUT2D eigenvalue weighted by molar-refractivity contribution is -0.0883. The fraction of sp³-hybridized carbons (Fsp3) is 0.786. The summed E-state index contributed by atoms with van der Waals surface area (Å²) in [5.41, 5.74) is 1.04. The van der Waals surface area contributed by atoms with Gasteiger partial charge >= 0.3 is 0 Å². The van der Waals surface area contributed by atoms with Gasteiger partial charge in [-0.15, -0.1) is 0 Å². The molecule has 2 fully saturated rings. The smallest absolute Gasteiger partial charge is 0.140 e. The van der Waals surface area contributed by atoms with Gasteiger partial charge < -0.3 is 14.5 Å². The maximum absolute atomic E-state index is 11.1. The number of fused-ring (bicyclic) bond motifs is 2. The van der Waals surface area contributed by atoms with Gasteiger partial charge in [-0.05, 0) is 46.6 Å². The summed E-state index contributed by atoms with van der Waals surface area (Å²) in [6, 6.07) is 0.993. The Kier molecular flexibility index (Phi) is 2.75. The van der Waals surface area contributed by atoms with Crippen molar-refractivity contribution in [3.8, 4) is 0 Å². The lowest BCUT2D eigenvalue weighted by atomic mass is 9.72. The van der Waals surface area contributed by atoms with E-state index in [4.69, 9.17) is 4.52 Å². The SMILES string of the molecule is Cc1noc(C)c1C1(O)CC2CCCC(C1)N2C. The summed E-state index contributed by atoms with van der Waals surface area (Å²) < 4.78 is 5.24. The molecule has 4 nitrogen and oxygen atoms in total. The molecule has 18 heavy (non-hydrogen) atoms. The summed E-state index contributed by atoms with van der Waals surface area (Å²) in [5.74, 6) is 0.776. The minimum absolute atomic E-state index is 0.496. The maximum Gasteiger partial charge on any atom is 0.140 e. The summed E-state index contributed by atoms with van der Waals surface area (Å²) in [6.45, 7) is 3.83. The quantitative estimate of drug-likeness (QED) is 0.829. The van der Waals surface area contributed by atoms with Gasteiger partial charge in [-0.1, -0.05) is 11.6 Å². The van der Waals surface area contributed by atoms with Crippen LogP contribution in [0.25, 0.3) is 0 Å². The Morgan fingerprint density at radius 2 is 1.89 bits per heavy atom. The number of nitrogens with zero attached hydrogens (tertiary/aromatic N) is 2. The zero-order valence-electron chi connectivity index (χ0n) is 11.4. The highest BCUT2D eigenvalue weighted by molar-refractivity contribution is 5.30. The van der Waals surface area contributed by atoms with Crippen molar-refractivity contribution in [3.05, 3.63) is 17.0 Å². The highest BCUT2D eigenvalue weighted by atomic mass is 16.5. The molecule has 2 atom stereocenters. The predicted molar refractivity (Wildman–Crippen MR) is 68.3 cm³/mol. The van der Waals surface area contributed by atoms with Crippen molar-refractivity contribution in [2.45, 2.75) is 63.6 Å². The molecule has 0 saturated carbocycles. The van der Waals surface area contributed by atoms with Gasteiger partial charge in [0, 0.05) is 17.6 Å². The number of hydrogen-bond acceptors (Lipinski definition) is 4. The van der Waals surface area contributed by atoms with Crippen molar-refractivity contribution in [1.82, 2.24) is 10.1 Å². The van der Waals surface area contributed by atoms with Crippen molar-refractivity contribution >= 4 is 0 Å². The van der Waals surface area contributed by atoms with E-state index in [2.05, 4.69) is 17.1 Å². The van der Waals surface area contributed by atoms with E-state index in [-0.39, 0.29) is 0 Å². The lowest BCUT2D eigenvalue weighted by Crippen LogP contribution is -2.55. The van der Waals surface area contributed by atoms with Gasteiger partial charge in [-0.3, -0.25) is 0 Å². The number of aryl methyl sites for hydroxylation is 2. The Labute approximate surface area is 108 Å². The molecular weight excluding hydrogens is 228 g/mol. The summed E-state index contributed by atoms with van der Waals surface area (Å²) in [6.07, 6.45) is 5.29. The molecule has 2 unspecified atom stereocenters. The van der Waals surface area contributed by atoms with Crippen LogP contribution in [0.2, 0.25) is 0 Å². The molecule has 2 bridgehead atoms. The molecule has 0 radical (unpaired) electrons. The summed E-state index contributed by atoms with van der Waals surface area (Å²) in [4.78, 5) is 2.45. The molecule has 1 N–H and O–H groups in total. The van der Waals surface area contributed by atoms with Crippen molar-refractivity contribution in [2.75, 3.05) is 7.05 Å². The first-order valence-electron chi connectivity index (χ1n) is 6.89. The van der Waals surface area contributed by atoms with Gasteiger partial charge in [0.1, 0.15) is 5.76 Å². The number of piperidine rings is 2. The van der Waals surface area contributed by atoms with Crippen LogP contribution in [0.4, 0.5) is 0 Å². The predicted octanol–water partition coefficient (Wildman–Crippen LogP) is 2.13. The van der Waals surface area contributed by atoms with Crippen LogP contribution < -0.4 is 0 Å². The third-order valence-corrected chi connectivity index (χ3v) is 4.87. The first-order chi connectivity index (χ1) is 8.51. The largest absolute Gasteiger partial charge is 0.385 e. The van der Waals surface area contributed by atoms with E-state index < -0.39 is 5.60 Å². The summed E-state index contributed by atoms with van der Waals surface area (Å²) >= 11 is 0. The second-order valence-corrected chi connectivity index (χ2v) is 6.04. The fourth-order valence-corrected chi connectivity index (χ4v) is 4.00. The third-order valence-electron chi connectivity index (χ3n) is 4.87. The third kappa shape index (κ3) is 1.70. The molecule has 2 aliphatic heterocycles. The Morgan fingerprint density at radius 1 is 1.28 bits per heavy atom. The Hall–Kier alpha value is -0.870. The molecule has 4 heteroatoms. The van der Waals surface area contributed by atoms with Crippen LogP contribution in [0.15, 0.2) is 4.52 Å². The standard InChI is InChI=1S/C14H22N2O2/c1-9-13(10(2)18-15-9)14(17)7-11-5-4-6-12(8-14)16(11)3/h11-12,17H,4-8H2,1-3H3. The zero-order chi connectivity index (χ0) is 12.9. The van der Waals surface area contributed by atoms with Gasteiger partial charge in [0.25, 0.3) is 0 Å². The van der Waals surface area contributed by atoms with Crippen molar-refractivity contribution in [3.63, 3.8) is 0 Å². The van der Waals surface area contributed by atoms with E-state index in [1.807, 2.05) is 13.8 Å². The average Bonchev–Trinajstić information content (AvgIpc) is 2.62. The highest BCUT2D eigenvalue weighted by Crippen LogP contribution is 2.45. The molecular formula is C14H22N2O2. The lowest BCUT2D eigenvalue weighted by Gasteiger charge is -2.50. The van der Waals surface area contributed by atoms with Crippen LogP contribution in [0, 0.1) is 13.8 Å². The summed E-state index contributed by atoms with van der Waals surface area (Å²) in [7, 11) is 2.20. The Bertz CT molecular complexity index is 421. The second-order valence-electron chi connectivity index (χ2n) is 6.04. The van der Waals surface area contributed by atoms with E-state index in [9.17, 15) is 5.11 Å². The Morgan fingerprint density at radius 3 is 2.39 bits per heavy atom. The second kappa shape index (κ2) is 4.07. The van der Waals surface area contributed by atoms with Gasteiger partial charge in [-0.2, -0.15) is 0 Å². The minimum atomic E-state index is -0.740. The highest BCUT2D eigenvalue weighted by Gasteiger charge is 2.47. The van der Waals surface area contributed by atoms with Crippen LogP contribution in [-0.4, -0.2) is 34.3 Å². The molecule has 0 aliphatic carbocycles. The number of hydrogen-bond donors (Lipinski definition) is 1. The molecule has 1 aromatic rings. The normalized spacial score (nSPS) is 36.9. The number of aromatic nitrogens is 1. The topological polar surface area (TPSA) is 49.5 Å². The minimum Gasteiger partial charge on any atom is -0.385 e. The Balaban J connectivity index is 1.97. The molecule has 0 spiro atoms. The van der Waals surface area contributed by atoms with E-state index in [1.165, 1.54) is 19.3 Å². The molecule has 100 valence electrons. The zero-order valence-corrected chi connectivity index (χ0v) is 11.4. The van der Waals surface area contributed by atoms with Crippen LogP contribution in [0.5, 0.6) is 0 Å². The van der Waals surface area contributed by atoms with Crippen molar-refractivity contribution in [2.24, 2.45) is 0 Å². The van der Waals surface area contributed by atoms with Crippen molar-refractivity contribution < 1.29 is 9.63 Å². The number of rotatable bonds is 1. The van der Waals surface area contributed by atoms with Crippen LogP contribution in [-0.2, 0) is 5.60 Å². The molecule has 2 aliphatic rings. The number of aliphatic hydroxyl groups is 1.